The van der Waals surface area contributed by atoms with E-state index in [1.807, 2.05) is 32.0 Å². The normalized spacial score (nSPS) is 12.5. The molecule has 0 aromatic heterocycles. The molecule has 0 nitrogen and oxygen atoms in total. The lowest BCUT2D eigenvalue weighted by molar-refractivity contribution is 0.557. The Hall–Kier alpha value is -0.930. The molecule has 1 atom stereocenters. The molecule has 2 aromatic rings. The van der Waals surface area contributed by atoms with E-state index in [1.54, 1.807) is 0 Å². The molecule has 0 saturated carbocycles. The summed E-state index contributed by atoms with van der Waals surface area (Å²) in [6.07, 6.45) is 1.62. The third-order valence-corrected chi connectivity index (χ3v) is 4.48. The van der Waals surface area contributed by atoms with Crippen LogP contribution in [0.3, 0.4) is 0 Å². The lowest BCUT2D eigenvalue weighted by Gasteiger charge is -2.17. The zero-order valence-corrected chi connectivity index (χ0v) is 14.2. The molecular formula is C17H16BrClF2. The van der Waals surface area contributed by atoms with Crippen LogP contribution in [0.1, 0.15) is 41.5 Å². The molecule has 0 fully saturated rings. The molecule has 0 aliphatic heterocycles. The molecule has 0 amide bonds. The summed E-state index contributed by atoms with van der Waals surface area (Å²) in [4.78, 5) is 0. The van der Waals surface area contributed by atoms with Crippen LogP contribution in [0.2, 0.25) is 0 Å². The van der Waals surface area contributed by atoms with Gasteiger partial charge in [-0.25, -0.2) is 8.78 Å². The summed E-state index contributed by atoms with van der Waals surface area (Å²) in [5, 5.41) is -0.834. The Bertz CT molecular complexity index is 632. The molecule has 0 N–H and O–H groups in total. The van der Waals surface area contributed by atoms with Crippen LogP contribution in [0.15, 0.2) is 34.8 Å². The van der Waals surface area contributed by atoms with E-state index >= 15 is 0 Å². The van der Waals surface area contributed by atoms with E-state index in [0.717, 1.165) is 29.5 Å². The van der Waals surface area contributed by atoms with Crippen LogP contribution in [0.4, 0.5) is 8.78 Å². The molecule has 4 heteroatoms. The highest BCUT2D eigenvalue weighted by atomic mass is 79.9. The van der Waals surface area contributed by atoms with Crippen LogP contribution in [0.5, 0.6) is 0 Å². The molecule has 0 spiro atoms. The monoisotopic (exact) mass is 372 g/mol. The Kier molecular flexibility index (Phi) is 5.39. The lowest BCUT2D eigenvalue weighted by Crippen LogP contribution is -2.05. The standard InChI is InChI=1S/C17H16BrClF2/c1-3-10-5-6-11(4-2)13(7-10)17(19)16-14(20)8-12(18)9-15(16)21/h5-9,17H,3-4H2,1-2H3. The van der Waals surface area contributed by atoms with E-state index in [1.165, 1.54) is 12.1 Å². The summed E-state index contributed by atoms with van der Waals surface area (Å²) in [6.45, 7) is 4.04. The number of halogens is 4. The van der Waals surface area contributed by atoms with Crippen molar-refractivity contribution in [1.29, 1.82) is 0 Å². The lowest BCUT2D eigenvalue weighted by atomic mass is 9.94. The zero-order valence-electron chi connectivity index (χ0n) is 11.9. The molecule has 0 radical (unpaired) electrons. The van der Waals surface area contributed by atoms with Crippen molar-refractivity contribution in [1.82, 2.24) is 0 Å². The van der Waals surface area contributed by atoms with Gasteiger partial charge in [-0.3, -0.25) is 0 Å². The average molecular weight is 374 g/mol. The molecule has 21 heavy (non-hydrogen) atoms. The van der Waals surface area contributed by atoms with Gasteiger partial charge in [-0.2, -0.15) is 0 Å². The van der Waals surface area contributed by atoms with Crippen LogP contribution < -0.4 is 0 Å². The maximum atomic E-state index is 14.1. The molecule has 112 valence electrons. The van der Waals surface area contributed by atoms with Crippen molar-refractivity contribution in [2.75, 3.05) is 0 Å². The molecule has 0 heterocycles. The minimum absolute atomic E-state index is 0.0946. The van der Waals surface area contributed by atoms with Crippen LogP contribution in [-0.2, 0) is 12.8 Å². The zero-order chi connectivity index (χ0) is 15.6. The van der Waals surface area contributed by atoms with Crippen LogP contribution >= 0.6 is 27.5 Å². The fourth-order valence-electron chi connectivity index (χ4n) is 2.37. The van der Waals surface area contributed by atoms with Gasteiger partial charge in [0.25, 0.3) is 0 Å². The van der Waals surface area contributed by atoms with Crippen molar-refractivity contribution in [3.8, 4) is 0 Å². The Morgan fingerprint density at radius 3 is 2.19 bits per heavy atom. The first kappa shape index (κ1) is 16.4. The quantitative estimate of drug-likeness (QED) is 0.561. The second-order valence-electron chi connectivity index (χ2n) is 4.89. The molecule has 0 saturated heterocycles. The first-order valence-electron chi connectivity index (χ1n) is 6.88. The number of hydrogen-bond acceptors (Lipinski definition) is 0. The second-order valence-corrected chi connectivity index (χ2v) is 6.24. The van der Waals surface area contributed by atoms with E-state index in [4.69, 9.17) is 11.6 Å². The molecular weight excluding hydrogens is 358 g/mol. The predicted molar refractivity (Wildman–Crippen MR) is 87.0 cm³/mol. The minimum Gasteiger partial charge on any atom is -0.206 e. The maximum absolute atomic E-state index is 14.1. The first-order valence-corrected chi connectivity index (χ1v) is 8.11. The van der Waals surface area contributed by atoms with Crippen LogP contribution in [0, 0.1) is 11.6 Å². The smallest absolute Gasteiger partial charge is 0.132 e. The van der Waals surface area contributed by atoms with Crippen LogP contribution in [-0.4, -0.2) is 0 Å². The van der Waals surface area contributed by atoms with E-state index in [-0.39, 0.29) is 5.56 Å². The Morgan fingerprint density at radius 2 is 1.67 bits per heavy atom. The average Bonchev–Trinajstić information content (AvgIpc) is 2.45. The van der Waals surface area contributed by atoms with Gasteiger partial charge in [0.1, 0.15) is 11.6 Å². The number of hydrogen-bond donors (Lipinski definition) is 0. The summed E-state index contributed by atoms with van der Waals surface area (Å²) < 4.78 is 28.6. The van der Waals surface area contributed by atoms with Gasteiger partial charge in [-0.1, -0.05) is 48.0 Å². The van der Waals surface area contributed by atoms with Crippen LogP contribution in [0.25, 0.3) is 0 Å². The SMILES string of the molecule is CCc1ccc(CC)c(C(Cl)c2c(F)cc(Br)cc2F)c1. The second kappa shape index (κ2) is 6.89. The maximum Gasteiger partial charge on any atom is 0.132 e. The van der Waals surface area contributed by atoms with Gasteiger partial charge in [0.05, 0.1) is 5.38 Å². The largest absolute Gasteiger partial charge is 0.206 e. The molecule has 2 aromatic carbocycles. The topological polar surface area (TPSA) is 0 Å². The molecule has 0 aliphatic carbocycles. The predicted octanol–water partition coefficient (Wildman–Crippen LogP) is 6.18. The molecule has 0 bridgehead atoms. The van der Waals surface area contributed by atoms with Gasteiger partial charge in [-0.05, 0) is 41.7 Å². The van der Waals surface area contributed by atoms with Gasteiger partial charge in [-0.15, -0.1) is 11.6 Å². The number of rotatable bonds is 4. The summed E-state index contributed by atoms with van der Waals surface area (Å²) in [7, 11) is 0. The van der Waals surface area contributed by atoms with E-state index in [0.29, 0.717) is 4.47 Å². The third kappa shape index (κ3) is 3.46. The fourth-order valence-corrected chi connectivity index (χ4v) is 3.19. The van der Waals surface area contributed by atoms with E-state index in [2.05, 4.69) is 15.9 Å². The summed E-state index contributed by atoms with van der Waals surface area (Å²) >= 11 is 9.49. The minimum atomic E-state index is -0.834. The van der Waals surface area contributed by atoms with Crippen molar-refractivity contribution >= 4 is 27.5 Å². The Labute approximate surface area is 137 Å². The Balaban J connectivity index is 2.56. The van der Waals surface area contributed by atoms with Gasteiger partial charge in [0.2, 0.25) is 0 Å². The highest BCUT2D eigenvalue weighted by molar-refractivity contribution is 9.10. The van der Waals surface area contributed by atoms with Gasteiger partial charge in [0, 0.05) is 10.0 Å². The van der Waals surface area contributed by atoms with Crippen molar-refractivity contribution < 1.29 is 8.78 Å². The van der Waals surface area contributed by atoms with Crippen molar-refractivity contribution in [2.45, 2.75) is 32.1 Å². The first-order chi connectivity index (χ1) is 9.97. The van der Waals surface area contributed by atoms with Gasteiger partial charge in [0.15, 0.2) is 0 Å². The highest BCUT2D eigenvalue weighted by Crippen LogP contribution is 2.36. The van der Waals surface area contributed by atoms with Crippen molar-refractivity contribution in [2.24, 2.45) is 0 Å². The number of benzene rings is 2. The number of aryl methyl sites for hydroxylation is 2. The van der Waals surface area contributed by atoms with Crippen molar-refractivity contribution in [3.63, 3.8) is 0 Å². The Morgan fingerprint density at radius 1 is 1.05 bits per heavy atom. The molecule has 1 unspecified atom stereocenters. The summed E-state index contributed by atoms with van der Waals surface area (Å²) in [6, 6.07) is 8.43. The summed E-state index contributed by atoms with van der Waals surface area (Å²) in [5.41, 5.74) is 2.79. The van der Waals surface area contributed by atoms with Gasteiger partial charge >= 0.3 is 0 Å². The molecule has 0 aliphatic rings. The summed E-state index contributed by atoms with van der Waals surface area (Å²) in [5.74, 6) is -1.27. The highest BCUT2D eigenvalue weighted by Gasteiger charge is 2.22. The van der Waals surface area contributed by atoms with Gasteiger partial charge < -0.3 is 0 Å². The fraction of sp³-hybridized carbons (Fsp3) is 0.294. The number of alkyl halides is 1. The molecule has 2 rings (SSSR count). The third-order valence-electron chi connectivity index (χ3n) is 3.57. The van der Waals surface area contributed by atoms with Crippen molar-refractivity contribution in [3.05, 3.63) is 68.7 Å². The van der Waals surface area contributed by atoms with E-state index < -0.39 is 17.0 Å². The van der Waals surface area contributed by atoms with E-state index in [9.17, 15) is 8.78 Å².